The van der Waals surface area contributed by atoms with E-state index in [4.69, 9.17) is 18.5 Å². The Morgan fingerprint density at radius 2 is 0.648 bits per heavy atom. The molecule has 0 saturated carbocycles. The smallest absolute Gasteiger partial charge is 0.341 e. The number of hydrogen-bond donors (Lipinski definition) is 1. The molecule has 2 fully saturated rings. The van der Waals surface area contributed by atoms with Gasteiger partial charge in [0.2, 0.25) is 0 Å². The van der Waals surface area contributed by atoms with Crippen molar-refractivity contribution in [1.29, 1.82) is 0 Å². The SMILES string of the molecule is CC1(C)O[C@@H]2[C@@H](O1)C(c1ccc(C(C)(C)C)cc1)(c1ccc(C(C)(C)C)cc1)OP(=O)(O)OC2(c1ccc(C(C)(C)C)cc1)c1ccc(C(C)(C)C)cc1. The molecule has 2 heterocycles. The second-order valence-electron chi connectivity index (χ2n) is 19.9. The Morgan fingerprint density at radius 1 is 0.444 bits per heavy atom. The Morgan fingerprint density at radius 3 is 0.833 bits per heavy atom. The van der Waals surface area contributed by atoms with Crippen molar-refractivity contribution in [2.75, 3.05) is 0 Å². The Kier molecular flexibility index (Phi) is 9.96. The highest BCUT2D eigenvalue weighted by molar-refractivity contribution is 7.47. The lowest BCUT2D eigenvalue weighted by Gasteiger charge is -2.42. The first-order valence-corrected chi connectivity index (χ1v) is 20.7. The molecule has 0 unspecified atom stereocenters. The highest BCUT2D eigenvalue weighted by atomic mass is 31.2. The number of rotatable bonds is 4. The van der Waals surface area contributed by atoms with E-state index in [0.29, 0.717) is 22.3 Å². The van der Waals surface area contributed by atoms with E-state index in [1.807, 2.05) is 62.4 Å². The van der Waals surface area contributed by atoms with E-state index >= 15 is 4.57 Å². The maximum Gasteiger partial charge on any atom is 0.474 e. The fourth-order valence-electron chi connectivity index (χ4n) is 7.91. The van der Waals surface area contributed by atoms with Crippen LogP contribution in [0.25, 0.3) is 0 Å². The highest BCUT2D eigenvalue weighted by Gasteiger charge is 2.69. The number of ether oxygens (including phenoxy) is 2. The molecule has 0 spiro atoms. The molecule has 4 aromatic carbocycles. The van der Waals surface area contributed by atoms with Crippen molar-refractivity contribution < 1.29 is 28.0 Å². The van der Waals surface area contributed by atoms with Gasteiger partial charge >= 0.3 is 7.82 Å². The molecule has 2 saturated heterocycles. The zero-order chi connectivity index (χ0) is 39.9. The first kappa shape index (κ1) is 40.6. The number of phosphoric ester groups is 1. The molecule has 0 amide bonds. The van der Waals surface area contributed by atoms with Crippen molar-refractivity contribution in [1.82, 2.24) is 0 Å². The average Bonchev–Trinajstić information content (AvgIpc) is 3.37. The van der Waals surface area contributed by atoms with Gasteiger partial charge < -0.3 is 14.4 Å². The minimum atomic E-state index is -4.97. The second kappa shape index (κ2) is 13.3. The van der Waals surface area contributed by atoms with Gasteiger partial charge in [0, 0.05) is 0 Å². The van der Waals surface area contributed by atoms with E-state index in [1.165, 1.54) is 0 Å². The third kappa shape index (κ3) is 7.43. The monoisotopic (exact) mass is 752 g/mol. The molecule has 0 radical (unpaired) electrons. The van der Waals surface area contributed by atoms with Crippen LogP contribution in [0.15, 0.2) is 97.1 Å². The minimum Gasteiger partial charge on any atom is -0.341 e. The molecule has 7 heteroatoms. The van der Waals surface area contributed by atoms with Crippen molar-refractivity contribution in [3.63, 3.8) is 0 Å². The van der Waals surface area contributed by atoms with Crippen LogP contribution in [0.2, 0.25) is 0 Å². The zero-order valence-corrected chi connectivity index (χ0v) is 35.7. The minimum absolute atomic E-state index is 0.120. The van der Waals surface area contributed by atoms with Crippen LogP contribution in [0, 0.1) is 0 Å². The molecule has 290 valence electrons. The first-order valence-electron chi connectivity index (χ1n) is 19.2. The van der Waals surface area contributed by atoms with Crippen LogP contribution in [-0.2, 0) is 55.9 Å². The van der Waals surface area contributed by atoms with Crippen molar-refractivity contribution in [3.8, 4) is 0 Å². The summed E-state index contributed by atoms with van der Waals surface area (Å²) in [7, 11) is -4.97. The highest BCUT2D eigenvalue weighted by Crippen LogP contribution is 2.66. The first-order chi connectivity index (χ1) is 24.7. The van der Waals surface area contributed by atoms with Crippen LogP contribution in [0.3, 0.4) is 0 Å². The fourth-order valence-corrected chi connectivity index (χ4v) is 9.31. The maximum absolute atomic E-state index is 15.1. The van der Waals surface area contributed by atoms with Gasteiger partial charge in [0.05, 0.1) is 0 Å². The van der Waals surface area contributed by atoms with Gasteiger partial charge in [-0.05, 0) is 80.0 Å². The summed E-state index contributed by atoms with van der Waals surface area (Å²) in [6.45, 7) is 29.7. The molecule has 0 aromatic heterocycles. The van der Waals surface area contributed by atoms with E-state index < -0.39 is 37.0 Å². The molecule has 54 heavy (non-hydrogen) atoms. The Labute approximate surface area is 324 Å². The van der Waals surface area contributed by atoms with Crippen molar-refractivity contribution in [3.05, 3.63) is 142 Å². The van der Waals surface area contributed by atoms with Gasteiger partial charge in [-0.25, -0.2) is 4.57 Å². The van der Waals surface area contributed by atoms with Gasteiger partial charge in [0.25, 0.3) is 0 Å². The number of fused-ring (bicyclic) bond motifs is 1. The normalized spacial score (nSPS) is 22.4. The lowest BCUT2D eigenvalue weighted by atomic mass is 9.70. The van der Waals surface area contributed by atoms with Crippen LogP contribution in [0.5, 0.6) is 0 Å². The predicted octanol–water partition coefficient (Wildman–Crippen LogP) is 11.7. The molecule has 2 atom stereocenters. The summed E-state index contributed by atoms with van der Waals surface area (Å²) < 4.78 is 42.7. The molecule has 6 nitrogen and oxygen atoms in total. The van der Waals surface area contributed by atoms with Crippen LogP contribution in [0.1, 0.15) is 141 Å². The lowest BCUT2D eigenvalue weighted by Crippen LogP contribution is -2.53. The molecule has 2 aliphatic heterocycles. The summed E-state index contributed by atoms with van der Waals surface area (Å²) in [5, 5.41) is 0. The van der Waals surface area contributed by atoms with Crippen molar-refractivity contribution in [2.24, 2.45) is 0 Å². The Balaban J connectivity index is 1.70. The summed E-state index contributed by atoms with van der Waals surface area (Å²) in [5.74, 6) is -1.12. The van der Waals surface area contributed by atoms with Crippen LogP contribution >= 0.6 is 7.82 Å². The van der Waals surface area contributed by atoms with Gasteiger partial charge in [0.15, 0.2) is 17.0 Å². The van der Waals surface area contributed by atoms with Gasteiger partial charge in [-0.1, -0.05) is 180 Å². The largest absolute Gasteiger partial charge is 0.474 e. The molecule has 6 rings (SSSR count). The standard InChI is InChI=1S/C47H61O6P/c1-41(2,3)31-15-23-35(24-16-31)46(36-25-17-32(18-26-36)42(4,5)6)39-40(51-45(13,14)50-39)47(53-54(48,49)52-46,37-27-19-33(20-28-37)43(7,8)9)38-29-21-34(22-30-38)44(10,11)12/h15-30,39-40H,1-14H3,(H,48,49)/t39-,40-/m1/s1. The molecule has 0 bridgehead atoms. The molecule has 2 aliphatic rings. The van der Waals surface area contributed by atoms with Gasteiger partial charge in [-0.15, -0.1) is 0 Å². The summed E-state index contributed by atoms with van der Waals surface area (Å²) in [5.41, 5.74) is 3.38. The maximum atomic E-state index is 15.1. The predicted molar refractivity (Wildman–Crippen MR) is 218 cm³/mol. The fraction of sp³-hybridized carbons (Fsp3) is 0.489. The summed E-state index contributed by atoms with van der Waals surface area (Å²) in [6, 6.07) is 32.5. The summed E-state index contributed by atoms with van der Waals surface area (Å²) in [4.78, 5) is 12.3. The van der Waals surface area contributed by atoms with E-state index in [-0.39, 0.29) is 21.7 Å². The third-order valence-electron chi connectivity index (χ3n) is 11.1. The number of benzene rings is 4. The molecule has 0 aliphatic carbocycles. The number of phosphoric acid groups is 1. The van der Waals surface area contributed by atoms with Crippen LogP contribution in [-0.4, -0.2) is 22.9 Å². The third-order valence-corrected chi connectivity index (χ3v) is 12.2. The van der Waals surface area contributed by atoms with Crippen molar-refractivity contribution >= 4 is 7.82 Å². The van der Waals surface area contributed by atoms with Gasteiger partial charge in [0.1, 0.15) is 12.2 Å². The summed E-state index contributed by atoms with van der Waals surface area (Å²) in [6.07, 6.45) is -1.91. The van der Waals surface area contributed by atoms with Crippen LogP contribution in [0.4, 0.5) is 0 Å². The topological polar surface area (TPSA) is 74.2 Å². The Bertz CT molecular complexity index is 1740. The van der Waals surface area contributed by atoms with Gasteiger partial charge in [-0.3, -0.25) is 9.05 Å². The summed E-state index contributed by atoms with van der Waals surface area (Å²) >= 11 is 0. The zero-order valence-electron chi connectivity index (χ0n) is 34.8. The van der Waals surface area contributed by atoms with E-state index in [1.54, 1.807) is 0 Å². The number of hydrogen-bond acceptors (Lipinski definition) is 5. The molecule has 1 N–H and O–H groups in total. The van der Waals surface area contributed by atoms with E-state index in [2.05, 4.69) is 132 Å². The molecular formula is C47H61O6P. The van der Waals surface area contributed by atoms with E-state index in [9.17, 15) is 4.89 Å². The van der Waals surface area contributed by atoms with Crippen molar-refractivity contribution in [2.45, 2.75) is 148 Å². The Hall–Kier alpha value is -3.09. The molecule has 4 aromatic rings. The molecular weight excluding hydrogens is 691 g/mol. The second-order valence-corrected chi connectivity index (χ2v) is 21.2. The van der Waals surface area contributed by atoms with Crippen LogP contribution < -0.4 is 0 Å². The van der Waals surface area contributed by atoms with Gasteiger partial charge in [-0.2, -0.15) is 0 Å². The quantitative estimate of drug-likeness (QED) is 0.209. The average molecular weight is 753 g/mol. The lowest BCUT2D eigenvalue weighted by molar-refractivity contribution is -0.178. The van der Waals surface area contributed by atoms with E-state index in [0.717, 1.165) is 22.3 Å².